The summed E-state index contributed by atoms with van der Waals surface area (Å²) in [5, 5.41) is 10.8. The van der Waals surface area contributed by atoms with Crippen molar-refractivity contribution in [2.24, 2.45) is 5.41 Å². The minimum Gasteiger partial charge on any atom is -0.468 e. The first-order chi connectivity index (χ1) is 11.8. The van der Waals surface area contributed by atoms with Crippen LogP contribution >= 0.6 is 0 Å². The van der Waals surface area contributed by atoms with E-state index >= 15 is 0 Å². The van der Waals surface area contributed by atoms with Gasteiger partial charge in [-0.2, -0.15) is 15.4 Å². The van der Waals surface area contributed by atoms with Crippen LogP contribution in [0.2, 0.25) is 0 Å². The van der Waals surface area contributed by atoms with Crippen LogP contribution in [0.15, 0.2) is 29.0 Å². The molecule has 2 aliphatic rings. The van der Waals surface area contributed by atoms with Crippen molar-refractivity contribution in [3.05, 3.63) is 36.0 Å². The summed E-state index contributed by atoms with van der Waals surface area (Å²) >= 11 is 0. The first-order valence-electron chi connectivity index (χ1n) is 8.71. The predicted octanol–water partition coefficient (Wildman–Crippen LogP) is 1.51. The molecule has 0 bridgehead atoms. The smallest absolute Gasteiger partial charge is 0.117 e. The Balaban J connectivity index is 1.43. The summed E-state index contributed by atoms with van der Waals surface area (Å²) in [6.45, 7) is 7.54. The van der Waals surface area contributed by atoms with E-state index in [4.69, 9.17) is 9.15 Å². The van der Waals surface area contributed by atoms with Crippen molar-refractivity contribution >= 4 is 0 Å². The van der Waals surface area contributed by atoms with Crippen LogP contribution in [-0.2, 0) is 17.8 Å². The quantitative estimate of drug-likeness (QED) is 0.916. The molecule has 0 saturated carbocycles. The lowest BCUT2D eigenvalue weighted by Crippen LogP contribution is -2.50. The molecule has 0 aromatic carbocycles. The van der Waals surface area contributed by atoms with E-state index in [1.165, 1.54) is 12.8 Å². The summed E-state index contributed by atoms with van der Waals surface area (Å²) in [5.41, 5.74) is 1.20. The number of hydrogen-bond donors (Lipinski definition) is 1. The van der Waals surface area contributed by atoms with Gasteiger partial charge in [0.15, 0.2) is 0 Å². The highest BCUT2D eigenvalue weighted by molar-refractivity contribution is 5.00. The molecule has 4 heterocycles. The zero-order valence-corrected chi connectivity index (χ0v) is 14.0. The van der Waals surface area contributed by atoms with Crippen LogP contribution in [-0.4, -0.2) is 64.6 Å². The predicted molar refractivity (Wildman–Crippen MR) is 88.1 cm³/mol. The van der Waals surface area contributed by atoms with E-state index in [1.807, 2.05) is 12.3 Å². The number of rotatable bonds is 4. The minimum atomic E-state index is 0.199. The van der Waals surface area contributed by atoms with Crippen LogP contribution in [0.25, 0.3) is 0 Å². The standard InChI is InChI=1S/C17H25N5O2/c1-3-16(24-7-1)11-21-5-2-4-17(12-21)13-22(6-8-23-14-17)10-15-9-18-20-19-15/h1,3,7,9H,2,4-6,8,10-14H2,(H,18,19,20)/t17-/m1/s1. The molecule has 130 valence electrons. The van der Waals surface area contributed by atoms with Crippen molar-refractivity contribution in [2.45, 2.75) is 25.9 Å². The maximum atomic E-state index is 5.99. The molecule has 24 heavy (non-hydrogen) atoms. The molecule has 1 atom stereocenters. The van der Waals surface area contributed by atoms with Crippen LogP contribution in [0.3, 0.4) is 0 Å². The van der Waals surface area contributed by atoms with Gasteiger partial charge in [-0.1, -0.05) is 0 Å². The molecule has 2 aromatic heterocycles. The normalized spacial score (nSPS) is 26.7. The Hall–Kier alpha value is -1.70. The van der Waals surface area contributed by atoms with Crippen LogP contribution in [0.1, 0.15) is 24.3 Å². The minimum absolute atomic E-state index is 0.199. The van der Waals surface area contributed by atoms with Crippen molar-refractivity contribution in [3.63, 3.8) is 0 Å². The molecule has 0 aliphatic carbocycles. The Morgan fingerprint density at radius 3 is 2.92 bits per heavy atom. The van der Waals surface area contributed by atoms with Gasteiger partial charge in [0.05, 0.1) is 37.9 Å². The molecule has 4 rings (SSSR count). The fraction of sp³-hybridized carbons (Fsp3) is 0.647. The maximum Gasteiger partial charge on any atom is 0.117 e. The lowest BCUT2D eigenvalue weighted by atomic mass is 9.80. The van der Waals surface area contributed by atoms with Gasteiger partial charge >= 0.3 is 0 Å². The molecule has 2 aromatic rings. The number of piperidine rings is 1. The summed E-state index contributed by atoms with van der Waals surface area (Å²) in [7, 11) is 0. The Labute approximate surface area is 142 Å². The summed E-state index contributed by atoms with van der Waals surface area (Å²) in [5.74, 6) is 1.04. The third kappa shape index (κ3) is 3.68. The lowest BCUT2D eigenvalue weighted by molar-refractivity contribution is 0.000574. The van der Waals surface area contributed by atoms with Crippen LogP contribution < -0.4 is 0 Å². The number of aromatic amines is 1. The van der Waals surface area contributed by atoms with Gasteiger partial charge in [0.25, 0.3) is 0 Å². The molecular formula is C17H25N5O2. The molecule has 1 spiro atoms. The highest BCUT2D eigenvalue weighted by atomic mass is 16.5. The number of ether oxygens (including phenoxy) is 1. The molecule has 0 amide bonds. The van der Waals surface area contributed by atoms with E-state index < -0.39 is 0 Å². The summed E-state index contributed by atoms with van der Waals surface area (Å²) < 4.78 is 11.5. The average molecular weight is 331 g/mol. The van der Waals surface area contributed by atoms with Crippen molar-refractivity contribution in [1.29, 1.82) is 0 Å². The van der Waals surface area contributed by atoms with Crippen LogP contribution in [0.4, 0.5) is 0 Å². The van der Waals surface area contributed by atoms with Gasteiger partial charge in [-0.25, -0.2) is 0 Å². The number of nitrogens with zero attached hydrogens (tertiary/aromatic N) is 4. The number of aromatic nitrogens is 3. The number of nitrogens with one attached hydrogen (secondary N) is 1. The van der Waals surface area contributed by atoms with Gasteiger partial charge in [-0.05, 0) is 31.5 Å². The molecular weight excluding hydrogens is 306 g/mol. The van der Waals surface area contributed by atoms with E-state index in [0.29, 0.717) is 0 Å². The van der Waals surface area contributed by atoms with E-state index in [0.717, 1.165) is 63.9 Å². The first-order valence-corrected chi connectivity index (χ1v) is 8.71. The van der Waals surface area contributed by atoms with Gasteiger partial charge in [0, 0.05) is 31.6 Å². The van der Waals surface area contributed by atoms with Crippen molar-refractivity contribution in [3.8, 4) is 0 Å². The molecule has 0 unspecified atom stereocenters. The largest absolute Gasteiger partial charge is 0.468 e. The van der Waals surface area contributed by atoms with Crippen LogP contribution in [0.5, 0.6) is 0 Å². The number of hydrogen-bond acceptors (Lipinski definition) is 6. The third-order valence-electron chi connectivity index (χ3n) is 5.07. The van der Waals surface area contributed by atoms with E-state index in [1.54, 1.807) is 6.26 Å². The lowest BCUT2D eigenvalue weighted by Gasteiger charge is -2.43. The van der Waals surface area contributed by atoms with Gasteiger partial charge in [-0.3, -0.25) is 9.80 Å². The molecule has 7 heteroatoms. The Morgan fingerprint density at radius 2 is 2.12 bits per heavy atom. The van der Waals surface area contributed by atoms with Gasteiger partial charge in [-0.15, -0.1) is 0 Å². The monoisotopic (exact) mass is 331 g/mol. The van der Waals surface area contributed by atoms with E-state index in [2.05, 4.69) is 31.3 Å². The molecule has 2 saturated heterocycles. The Bertz CT molecular complexity index is 615. The third-order valence-corrected chi connectivity index (χ3v) is 5.07. The second-order valence-electron chi connectivity index (χ2n) is 7.12. The van der Waals surface area contributed by atoms with Gasteiger partial charge in [0.1, 0.15) is 5.76 Å². The van der Waals surface area contributed by atoms with E-state index in [-0.39, 0.29) is 5.41 Å². The Kier molecular flexibility index (Phi) is 4.64. The second kappa shape index (κ2) is 7.04. The van der Waals surface area contributed by atoms with E-state index in [9.17, 15) is 0 Å². The average Bonchev–Trinajstić information content (AvgIpc) is 3.22. The SMILES string of the molecule is c1coc(CN2CCC[C@@]3(COCCN(Cc4cn[nH]n4)C3)C2)c1. The fourth-order valence-corrected chi connectivity index (χ4v) is 4.06. The molecule has 1 N–H and O–H groups in total. The van der Waals surface area contributed by atoms with Gasteiger partial charge < -0.3 is 9.15 Å². The topological polar surface area (TPSA) is 70.4 Å². The number of H-pyrrole nitrogens is 1. The first kappa shape index (κ1) is 15.8. The van der Waals surface area contributed by atoms with Crippen molar-refractivity contribution in [1.82, 2.24) is 25.2 Å². The molecule has 0 radical (unpaired) electrons. The second-order valence-corrected chi connectivity index (χ2v) is 7.12. The highest BCUT2D eigenvalue weighted by Crippen LogP contribution is 2.34. The zero-order valence-electron chi connectivity index (χ0n) is 14.0. The van der Waals surface area contributed by atoms with Gasteiger partial charge in [0.2, 0.25) is 0 Å². The molecule has 7 nitrogen and oxygen atoms in total. The maximum absolute atomic E-state index is 5.99. The Morgan fingerprint density at radius 1 is 1.21 bits per heavy atom. The van der Waals surface area contributed by atoms with Crippen molar-refractivity contribution in [2.75, 3.05) is 39.4 Å². The highest BCUT2D eigenvalue weighted by Gasteiger charge is 2.39. The number of furan rings is 1. The number of likely N-dealkylation sites (tertiary alicyclic amines) is 1. The summed E-state index contributed by atoms with van der Waals surface area (Å²) in [6.07, 6.45) is 5.99. The fourth-order valence-electron chi connectivity index (χ4n) is 4.06. The summed E-state index contributed by atoms with van der Waals surface area (Å²) in [6, 6.07) is 4.02. The summed E-state index contributed by atoms with van der Waals surface area (Å²) in [4.78, 5) is 4.96. The zero-order chi connectivity index (χ0) is 16.2. The van der Waals surface area contributed by atoms with Crippen molar-refractivity contribution < 1.29 is 9.15 Å². The molecule has 2 aliphatic heterocycles. The molecule has 2 fully saturated rings. The van der Waals surface area contributed by atoms with Crippen LogP contribution in [0, 0.1) is 5.41 Å².